The average molecular weight is 532 g/mol. The Labute approximate surface area is 224 Å². The second-order valence-corrected chi connectivity index (χ2v) is 9.78. The third-order valence-corrected chi connectivity index (χ3v) is 7.16. The summed E-state index contributed by atoms with van der Waals surface area (Å²) in [5.41, 5.74) is 3.86. The van der Waals surface area contributed by atoms with E-state index in [1.54, 1.807) is 4.68 Å². The van der Waals surface area contributed by atoms with Gasteiger partial charge in [-0.3, -0.25) is 4.79 Å². The van der Waals surface area contributed by atoms with Gasteiger partial charge in [-0.25, -0.2) is 4.68 Å². The summed E-state index contributed by atoms with van der Waals surface area (Å²) in [4.78, 5) is 18.3. The van der Waals surface area contributed by atoms with Gasteiger partial charge in [-0.15, -0.1) is 5.10 Å². The van der Waals surface area contributed by atoms with Gasteiger partial charge in [0.2, 0.25) is 11.1 Å². The van der Waals surface area contributed by atoms with Gasteiger partial charge in [-0.2, -0.15) is 4.98 Å². The molecule has 1 atom stereocenters. The number of carbonyl (C=O) groups is 1. The van der Waals surface area contributed by atoms with Crippen LogP contribution in [-0.2, 0) is 10.5 Å². The van der Waals surface area contributed by atoms with Crippen molar-refractivity contribution in [3.63, 3.8) is 0 Å². The molecule has 2 heterocycles. The maximum absolute atomic E-state index is 13.6. The number of fused-ring (bicyclic) bond motifs is 1. The summed E-state index contributed by atoms with van der Waals surface area (Å²) in [5, 5.41) is 12.4. The Morgan fingerprint density at radius 1 is 1.11 bits per heavy atom. The first kappa shape index (κ1) is 24.9. The quantitative estimate of drug-likeness (QED) is 0.251. The number of aromatic nitrogens is 3. The third kappa shape index (κ3) is 5.50. The highest BCUT2D eigenvalue weighted by molar-refractivity contribution is 7.98. The van der Waals surface area contributed by atoms with Crippen LogP contribution in [0.2, 0.25) is 5.02 Å². The highest BCUT2D eigenvalue weighted by Crippen LogP contribution is 2.38. The fraction of sp³-hybridized carbons (Fsp3) is 0.179. The van der Waals surface area contributed by atoms with Crippen LogP contribution in [0.4, 0.5) is 11.6 Å². The molecule has 1 unspecified atom stereocenters. The molecule has 4 aromatic rings. The molecule has 0 fully saturated rings. The summed E-state index contributed by atoms with van der Waals surface area (Å²) in [6.07, 6.45) is 0. The minimum atomic E-state index is -0.498. The Kier molecular flexibility index (Phi) is 7.48. The largest absolute Gasteiger partial charge is 0.494 e. The number of ether oxygens (including phenoxy) is 1. The second kappa shape index (κ2) is 11.1. The fourth-order valence-corrected chi connectivity index (χ4v) is 5.33. The molecule has 0 saturated carbocycles. The van der Waals surface area contributed by atoms with Crippen molar-refractivity contribution in [2.45, 2.75) is 30.8 Å². The lowest BCUT2D eigenvalue weighted by molar-refractivity contribution is -0.113. The van der Waals surface area contributed by atoms with Gasteiger partial charge in [0, 0.05) is 22.2 Å². The number of thioether (sulfide) groups is 1. The molecule has 0 spiro atoms. The molecule has 5 rings (SSSR count). The number of benzene rings is 3. The molecular weight excluding hydrogens is 506 g/mol. The van der Waals surface area contributed by atoms with Crippen molar-refractivity contribution >= 4 is 40.9 Å². The molecule has 37 heavy (non-hydrogen) atoms. The standard InChI is InChI=1S/C28H26ClN5O2S/c1-3-36-22-14-9-11-19(16-22)25-24(26(35)31-21-12-5-4-6-13-21)18(2)30-27-32-28(33-34(25)27)37-17-20-10-7-8-15-23(20)29/h4-16,25H,3,17H2,1-2H3,(H,31,35)(H,30,32,33). The summed E-state index contributed by atoms with van der Waals surface area (Å²) in [7, 11) is 0. The lowest BCUT2D eigenvalue weighted by Gasteiger charge is -2.29. The molecule has 0 aliphatic carbocycles. The zero-order valence-electron chi connectivity index (χ0n) is 20.4. The summed E-state index contributed by atoms with van der Waals surface area (Å²) < 4.78 is 7.52. The molecule has 1 aromatic heterocycles. The summed E-state index contributed by atoms with van der Waals surface area (Å²) in [5.74, 6) is 1.71. The van der Waals surface area contributed by atoms with Crippen molar-refractivity contribution in [2.75, 3.05) is 17.2 Å². The number of carbonyl (C=O) groups excluding carboxylic acids is 1. The van der Waals surface area contributed by atoms with Crippen LogP contribution in [0.1, 0.15) is 31.0 Å². The lowest BCUT2D eigenvalue weighted by Crippen LogP contribution is -2.31. The van der Waals surface area contributed by atoms with Crippen LogP contribution in [0.15, 0.2) is 95.3 Å². The number of rotatable bonds is 8. The number of allylic oxidation sites excluding steroid dienone is 1. The zero-order valence-corrected chi connectivity index (χ0v) is 22.0. The van der Waals surface area contributed by atoms with E-state index in [1.807, 2.05) is 92.7 Å². The van der Waals surface area contributed by atoms with Gasteiger partial charge in [-0.05, 0) is 55.3 Å². The van der Waals surface area contributed by atoms with E-state index in [-0.39, 0.29) is 5.91 Å². The molecule has 2 N–H and O–H groups in total. The summed E-state index contributed by atoms with van der Waals surface area (Å²) >= 11 is 7.83. The molecule has 1 aliphatic heterocycles. The van der Waals surface area contributed by atoms with Gasteiger partial charge in [0.05, 0.1) is 12.2 Å². The Balaban J connectivity index is 1.51. The molecule has 7 nitrogen and oxygen atoms in total. The predicted molar refractivity (Wildman–Crippen MR) is 148 cm³/mol. The van der Waals surface area contributed by atoms with Crippen molar-refractivity contribution < 1.29 is 9.53 Å². The second-order valence-electron chi connectivity index (χ2n) is 8.43. The van der Waals surface area contributed by atoms with E-state index in [9.17, 15) is 4.79 Å². The van der Waals surface area contributed by atoms with Crippen molar-refractivity contribution in [1.82, 2.24) is 14.8 Å². The lowest BCUT2D eigenvalue weighted by atomic mass is 9.95. The molecule has 0 bridgehead atoms. The van der Waals surface area contributed by atoms with Crippen LogP contribution in [0.3, 0.4) is 0 Å². The smallest absolute Gasteiger partial charge is 0.255 e. The fourth-order valence-electron chi connectivity index (χ4n) is 4.21. The van der Waals surface area contributed by atoms with E-state index in [2.05, 4.69) is 10.6 Å². The highest BCUT2D eigenvalue weighted by atomic mass is 35.5. The number of hydrogen-bond acceptors (Lipinski definition) is 6. The summed E-state index contributed by atoms with van der Waals surface area (Å²) in [6.45, 7) is 4.37. The average Bonchev–Trinajstić information content (AvgIpc) is 3.30. The van der Waals surface area contributed by atoms with E-state index in [0.29, 0.717) is 39.8 Å². The molecule has 3 aromatic carbocycles. The molecule has 9 heteroatoms. The number of anilines is 2. The number of nitrogens with one attached hydrogen (secondary N) is 2. The van der Waals surface area contributed by atoms with Gasteiger partial charge < -0.3 is 15.4 Å². The van der Waals surface area contributed by atoms with Crippen molar-refractivity contribution in [1.29, 1.82) is 0 Å². The van der Waals surface area contributed by atoms with Crippen molar-refractivity contribution in [3.05, 3.63) is 106 Å². The van der Waals surface area contributed by atoms with Gasteiger partial charge in [0.1, 0.15) is 11.8 Å². The first-order valence-electron chi connectivity index (χ1n) is 11.9. The van der Waals surface area contributed by atoms with Gasteiger partial charge in [0.15, 0.2) is 0 Å². The number of halogens is 1. The molecular formula is C28H26ClN5O2S. The molecule has 188 valence electrons. The van der Waals surface area contributed by atoms with Crippen LogP contribution in [-0.4, -0.2) is 27.3 Å². The zero-order chi connectivity index (χ0) is 25.8. The van der Waals surface area contributed by atoms with E-state index in [4.69, 9.17) is 26.4 Å². The van der Waals surface area contributed by atoms with Gasteiger partial charge in [0.25, 0.3) is 5.91 Å². The Morgan fingerprint density at radius 2 is 1.89 bits per heavy atom. The van der Waals surface area contributed by atoms with E-state index in [1.165, 1.54) is 11.8 Å². The molecule has 1 aliphatic rings. The van der Waals surface area contributed by atoms with Crippen LogP contribution in [0.5, 0.6) is 5.75 Å². The van der Waals surface area contributed by atoms with Crippen LogP contribution < -0.4 is 15.4 Å². The Hall–Kier alpha value is -3.75. The minimum Gasteiger partial charge on any atom is -0.494 e. The van der Waals surface area contributed by atoms with Crippen LogP contribution in [0.25, 0.3) is 0 Å². The molecule has 1 amide bonds. The highest BCUT2D eigenvalue weighted by Gasteiger charge is 2.34. The topological polar surface area (TPSA) is 81.1 Å². The Morgan fingerprint density at radius 3 is 2.68 bits per heavy atom. The maximum atomic E-state index is 13.6. The van der Waals surface area contributed by atoms with Crippen molar-refractivity contribution in [2.24, 2.45) is 0 Å². The van der Waals surface area contributed by atoms with E-state index >= 15 is 0 Å². The normalized spacial score (nSPS) is 14.6. The van der Waals surface area contributed by atoms with Gasteiger partial charge in [-0.1, -0.05) is 71.9 Å². The number of amides is 1. The molecule has 0 saturated heterocycles. The van der Waals surface area contributed by atoms with Crippen molar-refractivity contribution in [3.8, 4) is 5.75 Å². The molecule has 0 radical (unpaired) electrons. The van der Waals surface area contributed by atoms with Crippen LogP contribution >= 0.6 is 23.4 Å². The minimum absolute atomic E-state index is 0.213. The summed E-state index contributed by atoms with van der Waals surface area (Å²) in [6, 6.07) is 24.4. The van der Waals surface area contributed by atoms with Gasteiger partial charge >= 0.3 is 0 Å². The maximum Gasteiger partial charge on any atom is 0.255 e. The monoisotopic (exact) mass is 531 g/mol. The number of nitrogens with zero attached hydrogens (tertiary/aromatic N) is 3. The SMILES string of the molecule is CCOc1cccc(C2C(C(=O)Nc3ccccc3)=C(C)Nc3nc(SCc4ccccc4Cl)nn32)c1. The van der Waals surface area contributed by atoms with Crippen LogP contribution in [0, 0.1) is 0 Å². The van der Waals surface area contributed by atoms with E-state index < -0.39 is 6.04 Å². The Bertz CT molecular complexity index is 1450. The van der Waals surface area contributed by atoms with E-state index in [0.717, 1.165) is 22.6 Å². The number of para-hydroxylation sites is 1. The first-order valence-corrected chi connectivity index (χ1v) is 13.3. The number of hydrogen-bond donors (Lipinski definition) is 2. The predicted octanol–water partition coefficient (Wildman–Crippen LogP) is 6.55. The third-order valence-electron chi connectivity index (χ3n) is 5.91. The first-order chi connectivity index (χ1) is 18.0.